The smallest absolute Gasteiger partial charge is 0.303 e. The molecule has 3 N–H and O–H groups in total. The molecule has 0 rings (SSSR count). The standard InChI is InChI=1S/C17H34O4/c1-3-4-5-6-7-8-9-10-11-12-15(13-16(18)19)14(2)17(20)21/h14-15,17,20-21H,3-13H2,1-2H3,(H,18,19). The first kappa shape index (κ1) is 20.4. The Balaban J connectivity index is 3.71. The van der Waals surface area contributed by atoms with Gasteiger partial charge in [-0.15, -0.1) is 0 Å². The second-order valence-corrected chi connectivity index (χ2v) is 6.25. The predicted octanol–water partition coefficient (Wildman–Crippen LogP) is 3.95. The third kappa shape index (κ3) is 11.7. The van der Waals surface area contributed by atoms with Gasteiger partial charge in [-0.1, -0.05) is 71.6 Å². The Labute approximate surface area is 129 Å². The Morgan fingerprint density at radius 3 is 1.81 bits per heavy atom. The molecule has 0 fully saturated rings. The highest BCUT2D eigenvalue weighted by Gasteiger charge is 2.24. The van der Waals surface area contributed by atoms with E-state index in [1.165, 1.54) is 44.9 Å². The summed E-state index contributed by atoms with van der Waals surface area (Å²) in [4.78, 5) is 10.8. The summed E-state index contributed by atoms with van der Waals surface area (Å²) in [5, 5.41) is 27.3. The molecular weight excluding hydrogens is 268 g/mol. The lowest BCUT2D eigenvalue weighted by molar-refractivity contribution is -0.141. The Morgan fingerprint density at radius 1 is 0.905 bits per heavy atom. The van der Waals surface area contributed by atoms with Gasteiger partial charge in [-0.05, 0) is 12.3 Å². The maximum atomic E-state index is 10.8. The van der Waals surface area contributed by atoms with E-state index >= 15 is 0 Å². The molecule has 0 amide bonds. The van der Waals surface area contributed by atoms with Crippen molar-refractivity contribution in [2.24, 2.45) is 11.8 Å². The molecule has 0 saturated carbocycles. The molecule has 0 saturated heterocycles. The van der Waals surface area contributed by atoms with Gasteiger partial charge in [0.1, 0.15) is 0 Å². The van der Waals surface area contributed by atoms with E-state index in [1.54, 1.807) is 6.92 Å². The number of aliphatic carboxylic acids is 1. The van der Waals surface area contributed by atoms with E-state index in [2.05, 4.69) is 6.92 Å². The van der Waals surface area contributed by atoms with Crippen molar-refractivity contribution in [2.45, 2.75) is 90.8 Å². The van der Waals surface area contributed by atoms with Crippen LogP contribution in [0.25, 0.3) is 0 Å². The highest BCUT2D eigenvalue weighted by atomic mass is 16.5. The van der Waals surface area contributed by atoms with E-state index in [4.69, 9.17) is 5.11 Å². The molecule has 2 unspecified atom stereocenters. The van der Waals surface area contributed by atoms with Crippen LogP contribution in [0, 0.1) is 11.8 Å². The maximum Gasteiger partial charge on any atom is 0.303 e. The van der Waals surface area contributed by atoms with Crippen LogP contribution in [0.15, 0.2) is 0 Å². The minimum Gasteiger partial charge on any atom is -0.481 e. The lowest BCUT2D eigenvalue weighted by atomic mass is 9.85. The summed E-state index contributed by atoms with van der Waals surface area (Å²) in [6, 6.07) is 0. The molecular formula is C17H34O4. The number of unbranched alkanes of at least 4 members (excludes halogenated alkanes) is 8. The Hall–Kier alpha value is -0.610. The van der Waals surface area contributed by atoms with Crippen molar-refractivity contribution in [3.05, 3.63) is 0 Å². The van der Waals surface area contributed by atoms with Crippen LogP contribution in [0.5, 0.6) is 0 Å². The molecule has 21 heavy (non-hydrogen) atoms. The summed E-state index contributed by atoms with van der Waals surface area (Å²) < 4.78 is 0. The summed E-state index contributed by atoms with van der Waals surface area (Å²) >= 11 is 0. The van der Waals surface area contributed by atoms with Crippen LogP contribution >= 0.6 is 0 Å². The second-order valence-electron chi connectivity index (χ2n) is 6.25. The zero-order valence-corrected chi connectivity index (χ0v) is 13.8. The van der Waals surface area contributed by atoms with E-state index in [0.717, 1.165) is 19.3 Å². The molecule has 0 aromatic carbocycles. The number of carboxylic acids is 1. The Kier molecular flexibility index (Phi) is 12.7. The first-order chi connectivity index (χ1) is 9.99. The lowest BCUT2D eigenvalue weighted by Crippen LogP contribution is -2.27. The third-order valence-electron chi connectivity index (χ3n) is 4.33. The van der Waals surface area contributed by atoms with Crippen molar-refractivity contribution < 1.29 is 20.1 Å². The number of aliphatic hydroxyl groups excluding tert-OH is 1. The number of carboxylic acid groups (broad SMARTS) is 1. The first-order valence-electron chi connectivity index (χ1n) is 8.57. The first-order valence-corrected chi connectivity index (χ1v) is 8.57. The van der Waals surface area contributed by atoms with Crippen molar-refractivity contribution in [2.75, 3.05) is 0 Å². The highest BCUT2D eigenvalue weighted by Crippen LogP contribution is 2.25. The molecule has 0 aromatic rings. The zero-order chi connectivity index (χ0) is 16.1. The molecule has 0 radical (unpaired) electrons. The topological polar surface area (TPSA) is 77.8 Å². The normalized spacial score (nSPS) is 14.3. The molecule has 0 aromatic heterocycles. The number of carbonyl (C=O) groups is 1. The fraction of sp³-hybridized carbons (Fsp3) is 0.941. The van der Waals surface area contributed by atoms with E-state index in [9.17, 15) is 15.0 Å². The van der Waals surface area contributed by atoms with E-state index in [-0.39, 0.29) is 18.3 Å². The van der Waals surface area contributed by atoms with Gasteiger partial charge < -0.3 is 15.3 Å². The average molecular weight is 302 g/mol. The van der Waals surface area contributed by atoms with Gasteiger partial charge in [-0.25, -0.2) is 0 Å². The van der Waals surface area contributed by atoms with E-state index < -0.39 is 12.3 Å². The average Bonchev–Trinajstić information content (AvgIpc) is 2.43. The Morgan fingerprint density at radius 2 is 1.38 bits per heavy atom. The second kappa shape index (κ2) is 13.1. The maximum absolute atomic E-state index is 10.8. The van der Waals surface area contributed by atoms with Crippen LogP contribution in [0.3, 0.4) is 0 Å². The fourth-order valence-corrected chi connectivity index (χ4v) is 2.74. The summed E-state index contributed by atoms with van der Waals surface area (Å²) in [5.41, 5.74) is 0. The molecule has 0 spiro atoms. The van der Waals surface area contributed by atoms with Gasteiger partial charge in [0.25, 0.3) is 0 Å². The summed E-state index contributed by atoms with van der Waals surface area (Å²) in [6.07, 6.45) is 10.5. The minimum atomic E-state index is -1.42. The van der Waals surface area contributed by atoms with Gasteiger partial charge >= 0.3 is 5.97 Å². The minimum absolute atomic E-state index is 0.0236. The van der Waals surface area contributed by atoms with Crippen LogP contribution in [0.4, 0.5) is 0 Å². The number of hydrogen-bond donors (Lipinski definition) is 3. The van der Waals surface area contributed by atoms with Gasteiger partial charge in [0.05, 0.1) is 0 Å². The van der Waals surface area contributed by atoms with Gasteiger partial charge in [-0.2, -0.15) is 0 Å². The van der Waals surface area contributed by atoms with Gasteiger partial charge in [-0.3, -0.25) is 4.79 Å². The van der Waals surface area contributed by atoms with Crippen molar-refractivity contribution >= 4 is 5.97 Å². The molecule has 126 valence electrons. The zero-order valence-electron chi connectivity index (χ0n) is 13.8. The van der Waals surface area contributed by atoms with Crippen molar-refractivity contribution in [1.82, 2.24) is 0 Å². The van der Waals surface area contributed by atoms with Crippen molar-refractivity contribution in [3.63, 3.8) is 0 Å². The molecule has 2 atom stereocenters. The van der Waals surface area contributed by atoms with Crippen LogP contribution < -0.4 is 0 Å². The van der Waals surface area contributed by atoms with Crippen molar-refractivity contribution in [3.8, 4) is 0 Å². The fourth-order valence-electron chi connectivity index (χ4n) is 2.74. The van der Waals surface area contributed by atoms with Crippen LogP contribution in [-0.4, -0.2) is 27.6 Å². The summed E-state index contributed by atoms with van der Waals surface area (Å²) in [6.45, 7) is 3.93. The summed E-state index contributed by atoms with van der Waals surface area (Å²) in [5.74, 6) is -1.38. The number of aliphatic hydroxyl groups is 2. The van der Waals surface area contributed by atoms with Crippen LogP contribution in [0.2, 0.25) is 0 Å². The largest absolute Gasteiger partial charge is 0.481 e. The monoisotopic (exact) mass is 302 g/mol. The van der Waals surface area contributed by atoms with E-state index in [1.807, 2.05) is 0 Å². The molecule has 0 bridgehead atoms. The molecule has 4 heteroatoms. The summed E-state index contributed by atoms with van der Waals surface area (Å²) in [7, 11) is 0. The van der Waals surface area contributed by atoms with Crippen LogP contribution in [-0.2, 0) is 4.79 Å². The molecule has 0 aliphatic carbocycles. The van der Waals surface area contributed by atoms with Gasteiger partial charge in [0, 0.05) is 12.3 Å². The highest BCUT2D eigenvalue weighted by molar-refractivity contribution is 5.67. The molecule has 0 aliphatic heterocycles. The van der Waals surface area contributed by atoms with Gasteiger partial charge in [0.15, 0.2) is 6.29 Å². The third-order valence-corrected chi connectivity index (χ3v) is 4.33. The van der Waals surface area contributed by atoms with Gasteiger partial charge in [0.2, 0.25) is 0 Å². The number of rotatable bonds is 14. The lowest BCUT2D eigenvalue weighted by Gasteiger charge is -2.23. The molecule has 0 aliphatic rings. The predicted molar refractivity (Wildman–Crippen MR) is 85.0 cm³/mol. The molecule has 0 heterocycles. The number of hydrogen-bond acceptors (Lipinski definition) is 3. The Bertz CT molecular complexity index is 253. The SMILES string of the molecule is CCCCCCCCCCCC(CC(=O)O)C(C)C(O)O. The van der Waals surface area contributed by atoms with E-state index in [0.29, 0.717) is 0 Å². The quantitative estimate of drug-likeness (QED) is 0.335. The molecule has 4 nitrogen and oxygen atoms in total. The van der Waals surface area contributed by atoms with Crippen LogP contribution in [0.1, 0.15) is 84.5 Å². The van der Waals surface area contributed by atoms with Crippen molar-refractivity contribution in [1.29, 1.82) is 0 Å².